The van der Waals surface area contributed by atoms with Crippen LogP contribution in [-0.2, 0) is 4.79 Å². The van der Waals surface area contributed by atoms with Crippen LogP contribution in [0.15, 0.2) is 30.3 Å². The van der Waals surface area contributed by atoms with Crippen molar-refractivity contribution in [1.29, 1.82) is 0 Å². The number of nitrogen functional groups attached to an aromatic ring is 1. The smallest absolute Gasteiger partial charge is 0.262 e. The predicted molar refractivity (Wildman–Crippen MR) is 84.2 cm³/mol. The topological polar surface area (TPSA) is 76.4 Å². The number of aryl methyl sites for hydroxylation is 2. The molecule has 0 aliphatic carbocycles. The van der Waals surface area contributed by atoms with E-state index in [1.165, 1.54) is 11.1 Å². The number of nitrogens with two attached hydrogens (primary N) is 1. The summed E-state index contributed by atoms with van der Waals surface area (Å²) in [5.74, 6) is 0.433. The van der Waals surface area contributed by atoms with Crippen molar-refractivity contribution < 1.29 is 9.53 Å². The minimum Gasteiger partial charge on any atom is -0.482 e. The number of benzene rings is 2. The third-order valence-electron chi connectivity index (χ3n) is 3.29. The number of carbonyl (C=O) groups excluding carboxylic acids is 1. The lowest BCUT2D eigenvalue weighted by Crippen LogP contribution is -2.25. The van der Waals surface area contributed by atoms with E-state index in [9.17, 15) is 4.79 Å². The molecule has 0 saturated heterocycles. The predicted octanol–water partition coefficient (Wildman–Crippen LogP) is 2.96. The molecule has 1 aliphatic rings. The molecule has 5 heteroatoms. The fourth-order valence-electron chi connectivity index (χ4n) is 2.45. The Kier molecular flexibility index (Phi) is 3.17. The van der Waals surface area contributed by atoms with Gasteiger partial charge in [0.05, 0.1) is 17.1 Å². The first-order valence-corrected chi connectivity index (χ1v) is 6.73. The summed E-state index contributed by atoms with van der Waals surface area (Å²) in [7, 11) is 0. The van der Waals surface area contributed by atoms with E-state index >= 15 is 0 Å². The summed E-state index contributed by atoms with van der Waals surface area (Å²) in [6.07, 6.45) is 0. The first kappa shape index (κ1) is 13.3. The fourth-order valence-corrected chi connectivity index (χ4v) is 2.45. The summed E-state index contributed by atoms with van der Waals surface area (Å²) < 4.78 is 5.34. The van der Waals surface area contributed by atoms with Crippen LogP contribution in [-0.4, -0.2) is 12.5 Å². The van der Waals surface area contributed by atoms with Crippen LogP contribution in [0.1, 0.15) is 11.1 Å². The first-order valence-electron chi connectivity index (χ1n) is 6.73. The number of hydrogen-bond donors (Lipinski definition) is 3. The molecule has 1 aliphatic heterocycles. The zero-order chi connectivity index (χ0) is 15.0. The molecule has 3 rings (SSSR count). The minimum absolute atomic E-state index is 0.0241. The zero-order valence-corrected chi connectivity index (χ0v) is 12.0. The maximum Gasteiger partial charge on any atom is 0.262 e. The lowest BCUT2D eigenvalue weighted by atomic mass is 10.1. The molecule has 0 aromatic heterocycles. The molecule has 0 radical (unpaired) electrons. The minimum atomic E-state index is -0.162. The molecule has 4 N–H and O–H groups in total. The van der Waals surface area contributed by atoms with Crippen molar-refractivity contribution in [2.75, 3.05) is 23.0 Å². The van der Waals surface area contributed by atoms with Crippen molar-refractivity contribution in [3.63, 3.8) is 0 Å². The molecule has 2 aromatic carbocycles. The van der Waals surface area contributed by atoms with Gasteiger partial charge in [0.15, 0.2) is 6.61 Å². The molecule has 21 heavy (non-hydrogen) atoms. The number of rotatable bonds is 2. The molecule has 5 nitrogen and oxygen atoms in total. The van der Waals surface area contributed by atoms with E-state index in [0.717, 1.165) is 11.4 Å². The Morgan fingerprint density at radius 2 is 1.86 bits per heavy atom. The molecule has 2 aromatic rings. The molecule has 0 saturated carbocycles. The second-order valence-electron chi connectivity index (χ2n) is 5.27. The Hall–Kier alpha value is -2.69. The molecule has 0 spiro atoms. The number of carbonyl (C=O) groups is 1. The number of amides is 1. The summed E-state index contributed by atoms with van der Waals surface area (Å²) >= 11 is 0. The maximum absolute atomic E-state index is 11.4. The van der Waals surface area contributed by atoms with Gasteiger partial charge in [-0.1, -0.05) is 6.07 Å². The Morgan fingerprint density at radius 1 is 1.14 bits per heavy atom. The molecule has 1 heterocycles. The number of ether oxygens (including phenoxy) is 1. The van der Waals surface area contributed by atoms with Crippen LogP contribution in [0.4, 0.5) is 22.7 Å². The monoisotopic (exact) mass is 283 g/mol. The highest BCUT2D eigenvalue weighted by Gasteiger charge is 2.18. The normalized spacial score (nSPS) is 13.1. The van der Waals surface area contributed by atoms with Gasteiger partial charge in [-0.15, -0.1) is 0 Å². The van der Waals surface area contributed by atoms with E-state index in [1.54, 1.807) is 12.1 Å². The van der Waals surface area contributed by atoms with Crippen LogP contribution in [0.3, 0.4) is 0 Å². The number of nitrogens with one attached hydrogen (secondary N) is 2. The second-order valence-corrected chi connectivity index (χ2v) is 5.27. The molecule has 0 fully saturated rings. The van der Waals surface area contributed by atoms with Gasteiger partial charge in [0.2, 0.25) is 0 Å². The summed E-state index contributed by atoms with van der Waals surface area (Å²) in [6.45, 7) is 4.11. The van der Waals surface area contributed by atoms with Crippen LogP contribution in [0.5, 0.6) is 5.75 Å². The molecular formula is C16H17N3O2. The van der Waals surface area contributed by atoms with E-state index in [4.69, 9.17) is 10.5 Å². The third-order valence-corrected chi connectivity index (χ3v) is 3.29. The molecule has 0 unspecified atom stereocenters. The quantitative estimate of drug-likeness (QED) is 0.741. The molecule has 108 valence electrons. The highest BCUT2D eigenvalue weighted by Crippen LogP contribution is 2.36. The van der Waals surface area contributed by atoms with Crippen molar-refractivity contribution in [3.8, 4) is 5.75 Å². The van der Waals surface area contributed by atoms with E-state index in [1.807, 2.05) is 26.0 Å². The van der Waals surface area contributed by atoms with Gasteiger partial charge < -0.3 is 21.1 Å². The summed E-state index contributed by atoms with van der Waals surface area (Å²) in [6, 6.07) is 9.70. The van der Waals surface area contributed by atoms with Crippen molar-refractivity contribution >= 4 is 28.7 Å². The van der Waals surface area contributed by atoms with Gasteiger partial charge in [0.1, 0.15) is 5.75 Å². The van der Waals surface area contributed by atoms with Crippen molar-refractivity contribution in [3.05, 3.63) is 41.5 Å². The van der Waals surface area contributed by atoms with E-state index < -0.39 is 0 Å². The maximum atomic E-state index is 11.4. The highest BCUT2D eigenvalue weighted by atomic mass is 16.5. The average molecular weight is 283 g/mol. The first-order chi connectivity index (χ1) is 10.0. The Morgan fingerprint density at radius 3 is 2.57 bits per heavy atom. The van der Waals surface area contributed by atoms with Crippen LogP contribution >= 0.6 is 0 Å². The van der Waals surface area contributed by atoms with Crippen LogP contribution in [0, 0.1) is 13.8 Å². The van der Waals surface area contributed by atoms with Gasteiger partial charge >= 0.3 is 0 Å². The largest absolute Gasteiger partial charge is 0.482 e. The van der Waals surface area contributed by atoms with Gasteiger partial charge in [-0.3, -0.25) is 4.79 Å². The SMILES string of the molecule is Cc1cc(C)cc(Nc2cc3c(cc2N)OCC(=O)N3)c1. The van der Waals surface area contributed by atoms with E-state index in [0.29, 0.717) is 17.1 Å². The van der Waals surface area contributed by atoms with Gasteiger partial charge in [0, 0.05) is 11.8 Å². The average Bonchev–Trinajstić information content (AvgIpc) is 2.39. The van der Waals surface area contributed by atoms with E-state index in [-0.39, 0.29) is 12.5 Å². The molecule has 0 bridgehead atoms. The third kappa shape index (κ3) is 2.76. The fraction of sp³-hybridized carbons (Fsp3) is 0.188. The summed E-state index contributed by atoms with van der Waals surface area (Å²) in [4.78, 5) is 11.4. The molecule has 1 amide bonds. The Bertz CT molecular complexity index is 705. The van der Waals surface area contributed by atoms with Gasteiger partial charge in [-0.2, -0.15) is 0 Å². The summed E-state index contributed by atoms with van der Waals surface area (Å²) in [5.41, 5.74) is 11.3. The molecule has 0 atom stereocenters. The number of hydrogen-bond acceptors (Lipinski definition) is 4. The lowest BCUT2D eigenvalue weighted by molar-refractivity contribution is -0.118. The standard InChI is InChI=1S/C16H17N3O2/c1-9-3-10(2)5-11(4-9)18-13-7-14-15(6-12(13)17)21-8-16(20)19-14/h3-7,18H,8,17H2,1-2H3,(H,19,20). The van der Waals surface area contributed by atoms with Gasteiger partial charge in [-0.25, -0.2) is 0 Å². The van der Waals surface area contributed by atoms with E-state index in [2.05, 4.69) is 16.7 Å². The lowest BCUT2D eigenvalue weighted by Gasteiger charge is -2.20. The van der Waals surface area contributed by atoms with Crippen LogP contribution < -0.4 is 21.1 Å². The van der Waals surface area contributed by atoms with Crippen LogP contribution in [0.25, 0.3) is 0 Å². The molecular weight excluding hydrogens is 266 g/mol. The Balaban J connectivity index is 1.95. The van der Waals surface area contributed by atoms with Gasteiger partial charge in [-0.05, 0) is 43.2 Å². The second kappa shape index (κ2) is 5.01. The van der Waals surface area contributed by atoms with Crippen molar-refractivity contribution in [2.24, 2.45) is 0 Å². The zero-order valence-electron chi connectivity index (χ0n) is 12.0. The van der Waals surface area contributed by atoms with Crippen LogP contribution in [0.2, 0.25) is 0 Å². The number of anilines is 4. The number of fused-ring (bicyclic) bond motifs is 1. The summed E-state index contributed by atoms with van der Waals surface area (Å²) in [5, 5.41) is 6.06. The van der Waals surface area contributed by atoms with Crippen molar-refractivity contribution in [1.82, 2.24) is 0 Å². The van der Waals surface area contributed by atoms with Gasteiger partial charge in [0.25, 0.3) is 5.91 Å². The Labute approximate surface area is 123 Å². The highest BCUT2D eigenvalue weighted by molar-refractivity contribution is 5.97. The van der Waals surface area contributed by atoms with Crippen molar-refractivity contribution in [2.45, 2.75) is 13.8 Å².